The van der Waals surface area contributed by atoms with Crippen LogP contribution in [-0.2, 0) is 30.4 Å². The lowest BCUT2D eigenvalue weighted by Gasteiger charge is -2.23. The number of carbonyl (C=O) groups excluding carboxylic acids is 1. The molecule has 0 spiro atoms. The molecule has 3 rings (SSSR count). The molecule has 0 saturated heterocycles. The summed E-state index contributed by atoms with van der Waals surface area (Å²) < 4.78 is 45.9. The Labute approximate surface area is 194 Å². The number of benzene rings is 1. The number of thioether (sulfide) groups is 1. The average molecular weight is 485 g/mol. The van der Waals surface area contributed by atoms with Gasteiger partial charge in [0.25, 0.3) is 0 Å². The Morgan fingerprint density at radius 1 is 1.27 bits per heavy atom. The van der Waals surface area contributed by atoms with Gasteiger partial charge in [0.2, 0.25) is 5.91 Å². The summed E-state index contributed by atoms with van der Waals surface area (Å²) in [5.41, 5.74) is 0.648. The molecule has 7 nitrogen and oxygen atoms in total. The van der Waals surface area contributed by atoms with E-state index in [2.05, 4.69) is 10.3 Å². The van der Waals surface area contributed by atoms with Crippen molar-refractivity contribution in [2.75, 3.05) is 38.8 Å². The van der Waals surface area contributed by atoms with Gasteiger partial charge in [0, 0.05) is 24.3 Å². The number of amides is 1. The van der Waals surface area contributed by atoms with Crippen LogP contribution in [0.25, 0.3) is 0 Å². The number of hydrogen-bond acceptors (Lipinski definition) is 6. The lowest BCUT2D eigenvalue weighted by Crippen LogP contribution is -2.33. The molecule has 0 bridgehead atoms. The number of alkyl halides is 3. The van der Waals surface area contributed by atoms with Gasteiger partial charge in [-0.25, -0.2) is 4.79 Å². The van der Waals surface area contributed by atoms with E-state index in [1.165, 1.54) is 7.11 Å². The second-order valence-corrected chi connectivity index (χ2v) is 9.00. The lowest BCUT2D eigenvalue weighted by atomic mass is 9.97. The normalized spacial score (nSPS) is 13.7. The van der Waals surface area contributed by atoms with Gasteiger partial charge in [0.1, 0.15) is 10.8 Å². The maximum absolute atomic E-state index is 13.0. The minimum atomic E-state index is -4.54. The molecule has 0 atom stereocenters. The van der Waals surface area contributed by atoms with E-state index in [0.717, 1.165) is 66.9 Å². The first-order valence-corrected chi connectivity index (χ1v) is 11.5. The van der Waals surface area contributed by atoms with Gasteiger partial charge in [-0.1, -0.05) is 11.8 Å². The summed E-state index contributed by atoms with van der Waals surface area (Å²) in [6.45, 7) is 1.25. The zero-order valence-electron chi connectivity index (χ0n) is 18.8. The Bertz CT molecular complexity index is 1070. The number of ether oxygens (including phenoxy) is 1. The molecule has 0 unspecified atom stereocenters. The number of halogens is 3. The molecule has 0 fully saturated rings. The van der Waals surface area contributed by atoms with Crippen LogP contribution in [0.5, 0.6) is 5.75 Å². The number of fused-ring (bicyclic) bond motifs is 1. The van der Waals surface area contributed by atoms with E-state index >= 15 is 0 Å². The first-order valence-electron chi connectivity index (χ1n) is 10.6. The first-order chi connectivity index (χ1) is 15.6. The standard InChI is InChI=1S/C22H27F3N4O3S/c1-28(2)10-11-29-17-7-5-4-6-15(17)20(27-21(29)31)33-13-19(30)26-16-12-14(22(23,24)25)8-9-18(16)32-3/h8-9,12H,4-7,10-11,13H2,1-3H3,(H,26,30). The molecule has 1 aromatic carbocycles. The highest BCUT2D eigenvalue weighted by Crippen LogP contribution is 2.35. The molecule has 1 amide bonds. The predicted octanol–water partition coefficient (Wildman–Crippen LogP) is 3.44. The van der Waals surface area contributed by atoms with Crippen LogP contribution >= 0.6 is 11.8 Å². The largest absolute Gasteiger partial charge is 0.495 e. The molecule has 2 aromatic rings. The van der Waals surface area contributed by atoms with E-state index < -0.39 is 17.6 Å². The number of likely N-dealkylation sites (N-methyl/N-ethyl adjacent to an activating group) is 1. The third-order valence-corrected chi connectivity index (χ3v) is 6.38. The van der Waals surface area contributed by atoms with Crippen molar-refractivity contribution in [3.8, 4) is 5.75 Å². The van der Waals surface area contributed by atoms with Gasteiger partial charge in [0.05, 0.1) is 24.1 Å². The Morgan fingerprint density at radius 3 is 2.67 bits per heavy atom. The number of nitrogens with zero attached hydrogens (tertiary/aromatic N) is 3. The number of anilines is 1. The molecule has 0 aliphatic heterocycles. The Hall–Kier alpha value is -2.53. The SMILES string of the molecule is COc1ccc(C(F)(F)F)cc1NC(=O)CSc1nc(=O)n(CCN(C)C)c2c1CCCC2. The van der Waals surface area contributed by atoms with Crippen LogP contribution in [0, 0.1) is 0 Å². The van der Waals surface area contributed by atoms with Gasteiger partial charge < -0.3 is 15.0 Å². The molecule has 1 aliphatic carbocycles. The third-order valence-electron chi connectivity index (χ3n) is 5.36. The highest BCUT2D eigenvalue weighted by molar-refractivity contribution is 8.00. The van der Waals surface area contributed by atoms with Crippen LogP contribution in [0.4, 0.5) is 18.9 Å². The van der Waals surface area contributed by atoms with Crippen LogP contribution in [0.15, 0.2) is 28.0 Å². The minimum absolute atomic E-state index is 0.0629. The second kappa shape index (κ2) is 10.6. The molecule has 1 heterocycles. The van der Waals surface area contributed by atoms with Crippen molar-refractivity contribution in [3.05, 3.63) is 45.5 Å². The van der Waals surface area contributed by atoms with Crippen LogP contribution in [0.3, 0.4) is 0 Å². The fourth-order valence-corrected chi connectivity index (χ4v) is 4.58. The average Bonchev–Trinajstić information content (AvgIpc) is 2.76. The lowest BCUT2D eigenvalue weighted by molar-refractivity contribution is -0.137. The van der Waals surface area contributed by atoms with Gasteiger partial charge in [-0.15, -0.1) is 0 Å². The fraction of sp³-hybridized carbons (Fsp3) is 0.500. The smallest absolute Gasteiger partial charge is 0.416 e. The van der Waals surface area contributed by atoms with E-state index in [1.807, 2.05) is 19.0 Å². The Morgan fingerprint density at radius 2 is 2.00 bits per heavy atom. The van der Waals surface area contributed by atoms with E-state index in [-0.39, 0.29) is 22.9 Å². The molecule has 33 heavy (non-hydrogen) atoms. The Kier molecular flexibility index (Phi) is 8.06. The maximum Gasteiger partial charge on any atom is 0.416 e. The highest BCUT2D eigenvalue weighted by atomic mass is 32.2. The number of hydrogen-bond donors (Lipinski definition) is 1. The number of rotatable bonds is 8. The van der Waals surface area contributed by atoms with Crippen molar-refractivity contribution >= 4 is 23.4 Å². The summed E-state index contributed by atoms with van der Waals surface area (Å²) in [5, 5.41) is 3.00. The quantitative estimate of drug-likeness (QED) is 0.457. The monoisotopic (exact) mass is 484 g/mol. The molecule has 180 valence electrons. The Balaban J connectivity index is 1.77. The van der Waals surface area contributed by atoms with E-state index in [1.54, 1.807) is 4.57 Å². The molecule has 0 saturated carbocycles. The maximum atomic E-state index is 13.0. The molecule has 0 radical (unpaired) electrons. The van der Waals surface area contributed by atoms with Crippen molar-refractivity contribution in [3.63, 3.8) is 0 Å². The minimum Gasteiger partial charge on any atom is -0.495 e. The van der Waals surface area contributed by atoms with Gasteiger partial charge in [-0.05, 0) is 58.0 Å². The van der Waals surface area contributed by atoms with Crippen molar-refractivity contribution in [1.82, 2.24) is 14.5 Å². The van der Waals surface area contributed by atoms with E-state index in [9.17, 15) is 22.8 Å². The summed E-state index contributed by atoms with van der Waals surface area (Å²) >= 11 is 1.12. The zero-order chi connectivity index (χ0) is 24.2. The molecule has 1 N–H and O–H groups in total. The molecule has 1 aromatic heterocycles. The van der Waals surface area contributed by atoms with Crippen LogP contribution < -0.4 is 15.7 Å². The summed E-state index contributed by atoms with van der Waals surface area (Å²) in [6, 6.07) is 2.90. The van der Waals surface area contributed by atoms with Crippen molar-refractivity contribution in [1.29, 1.82) is 0 Å². The van der Waals surface area contributed by atoms with Gasteiger partial charge in [0.15, 0.2) is 0 Å². The summed E-state index contributed by atoms with van der Waals surface area (Å²) in [7, 11) is 5.19. The van der Waals surface area contributed by atoms with E-state index in [0.29, 0.717) is 18.1 Å². The predicted molar refractivity (Wildman–Crippen MR) is 121 cm³/mol. The number of carbonyl (C=O) groups is 1. The number of nitrogens with one attached hydrogen (secondary N) is 1. The zero-order valence-corrected chi connectivity index (χ0v) is 19.6. The third kappa shape index (κ3) is 6.29. The van der Waals surface area contributed by atoms with Crippen molar-refractivity contribution in [2.45, 2.75) is 43.4 Å². The number of aromatic nitrogens is 2. The molecule has 11 heteroatoms. The van der Waals surface area contributed by atoms with Gasteiger partial charge in [-0.2, -0.15) is 18.2 Å². The van der Waals surface area contributed by atoms with Crippen molar-refractivity contribution in [2.24, 2.45) is 0 Å². The second-order valence-electron chi connectivity index (χ2n) is 8.04. The first kappa shape index (κ1) is 25.1. The topological polar surface area (TPSA) is 76.5 Å². The van der Waals surface area contributed by atoms with Gasteiger partial charge >= 0.3 is 11.9 Å². The van der Waals surface area contributed by atoms with Crippen LogP contribution in [0.1, 0.15) is 29.7 Å². The van der Waals surface area contributed by atoms with Crippen molar-refractivity contribution < 1.29 is 22.7 Å². The molecule has 1 aliphatic rings. The van der Waals surface area contributed by atoms with Crippen LogP contribution in [0.2, 0.25) is 0 Å². The summed E-state index contributed by atoms with van der Waals surface area (Å²) in [6.07, 6.45) is -1.03. The van der Waals surface area contributed by atoms with Crippen LogP contribution in [-0.4, -0.2) is 53.9 Å². The number of methoxy groups -OCH3 is 1. The summed E-state index contributed by atoms with van der Waals surface area (Å²) in [5.74, 6) is -0.485. The fourth-order valence-electron chi connectivity index (χ4n) is 3.70. The van der Waals surface area contributed by atoms with Gasteiger partial charge in [-0.3, -0.25) is 9.36 Å². The summed E-state index contributed by atoms with van der Waals surface area (Å²) in [4.78, 5) is 31.4. The molecular weight excluding hydrogens is 457 g/mol. The highest BCUT2D eigenvalue weighted by Gasteiger charge is 2.31. The molecular formula is C22H27F3N4O3S. The van der Waals surface area contributed by atoms with E-state index in [4.69, 9.17) is 4.74 Å².